The highest BCUT2D eigenvalue weighted by molar-refractivity contribution is 5.37. The van der Waals surface area contributed by atoms with Gasteiger partial charge in [0.1, 0.15) is 0 Å². The monoisotopic (exact) mass is 159 g/mol. The van der Waals surface area contributed by atoms with Crippen LogP contribution in [0.1, 0.15) is 27.2 Å². The van der Waals surface area contributed by atoms with Crippen LogP contribution in [0.15, 0.2) is 0 Å². The molecule has 0 spiro atoms. The Bertz CT molecular complexity index is 102. The first-order chi connectivity index (χ1) is 5.29. The smallest absolute Gasteiger partial charge is 0.294 e. The molecule has 0 fully saturated rings. The molecule has 3 heteroatoms. The van der Waals surface area contributed by atoms with Crippen LogP contribution in [0.5, 0.6) is 0 Å². The molecule has 0 saturated carbocycles. The summed E-state index contributed by atoms with van der Waals surface area (Å²) in [7, 11) is 0. The fraction of sp³-hybridized carbons (Fsp3) is 0.875. The topological polar surface area (TPSA) is 29.5 Å². The Morgan fingerprint density at radius 3 is 2.18 bits per heavy atom. The van der Waals surface area contributed by atoms with Gasteiger partial charge in [-0.25, -0.2) is 0 Å². The number of hydrogen-bond acceptors (Lipinski definition) is 3. The van der Waals surface area contributed by atoms with Crippen LogP contribution < -0.4 is 0 Å². The van der Waals surface area contributed by atoms with Crippen molar-refractivity contribution in [3.8, 4) is 0 Å². The van der Waals surface area contributed by atoms with Crippen molar-refractivity contribution in [1.29, 1.82) is 0 Å². The highest BCUT2D eigenvalue weighted by Gasteiger charge is 2.12. The van der Waals surface area contributed by atoms with Crippen LogP contribution in [0.25, 0.3) is 0 Å². The van der Waals surface area contributed by atoms with E-state index in [0.29, 0.717) is 6.47 Å². The zero-order valence-electron chi connectivity index (χ0n) is 7.54. The first kappa shape index (κ1) is 10.4. The van der Waals surface area contributed by atoms with Crippen LogP contribution in [0, 0.1) is 0 Å². The molecule has 66 valence electrons. The number of rotatable bonds is 6. The molecular weight excluding hydrogens is 142 g/mol. The van der Waals surface area contributed by atoms with Gasteiger partial charge in [0.25, 0.3) is 6.47 Å². The van der Waals surface area contributed by atoms with Crippen LogP contribution in [0.2, 0.25) is 0 Å². The summed E-state index contributed by atoms with van der Waals surface area (Å²) in [5, 5.41) is 0. The predicted octanol–water partition coefficient (Wildman–Crippen LogP) is 1.24. The van der Waals surface area contributed by atoms with E-state index >= 15 is 0 Å². The molecule has 0 aromatic rings. The van der Waals surface area contributed by atoms with Crippen molar-refractivity contribution in [1.82, 2.24) is 4.90 Å². The zero-order valence-corrected chi connectivity index (χ0v) is 7.54. The molecular formula is C8H17NO2. The Morgan fingerprint density at radius 2 is 1.91 bits per heavy atom. The summed E-state index contributed by atoms with van der Waals surface area (Å²) in [5.41, 5.74) is 0. The molecule has 3 nitrogen and oxygen atoms in total. The first-order valence-corrected chi connectivity index (χ1v) is 4.13. The van der Waals surface area contributed by atoms with Gasteiger partial charge in [0, 0.05) is 0 Å². The van der Waals surface area contributed by atoms with Crippen LogP contribution in [0.4, 0.5) is 0 Å². The van der Waals surface area contributed by atoms with E-state index in [9.17, 15) is 4.79 Å². The number of carbonyl (C=O) groups excluding carboxylic acids is 1. The normalized spacial score (nSPS) is 13.1. The summed E-state index contributed by atoms with van der Waals surface area (Å²) in [6, 6.07) is 0. The number of hydrogen-bond donors (Lipinski definition) is 0. The van der Waals surface area contributed by atoms with Crippen molar-refractivity contribution in [2.45, 2.75) is 33.4 Å². The second-order valence-electron chi connectivity index (χ2n) is 2.32. The van der Waals surface area contributed by atoms with E-state index in [2.05, 4.69) is 18.7 Å². The Kier molecular flexibility index (Phi) is 5.84. The number of ether oxygens (including phenoxy) is 1. The fourth-order valence-corrected chi connectivity index (χ4v) is 1.14. The molecule has 1 atom stereocenters. The third kappa shape index (κ3) is 3.37. The SMILES string of the molecule is CCC(OC=O)N(CC)CC. The van der Waals surface area contributed by atoms with Crippen molar-refractivity contribution in [3.63, 3.8) is 0 Å². The van der Waals surface area contributed by atoms with Gasteiger partial charge in [-0.05, 0) is 19.5 Å². The van der Waals surface area contributed by atoms with E-state index in [1.54, 1.807) is 0 Å². The number of carbonyl (C=O) groups is 1. The van der Waals surface area contributed by atoms with Crippen LogP contribution >= 0.6 is 0 Å². The van der Waals surface area contributed by atoms with E-state index in [1.807, 2.05) is 6.92 Å². The molecule has 0 saturated heterocycles. The second-order valence-corrected chi connectivity index (χ2v) is 2.32. The maximum absolute atomic E-state index is 10.1. The van der Waals surface area contributed by atoms with Gasteiger partial charge < -0.3 is 4.74 Å². The van der Waals surface area contributed by atoms with E-state index in [0.717, 1.165) is 19.5 Å². The van der Waals surface area contributed by atoms with Crippen molar-refractivity contribution < 1.29 is 9.53 Å². The van der Waals surface area contributed by atoms with Crippen LogP contribution in [-0.2, 0) is 9.53 Å². The Balaban J connectivity index is 3.85. The first-order valence-electron chi connectivity index (χ1n) is 4.13. The van der Waals surface area contributed by atoms with Gasteiger partial charge in [0.05, 0.1) is 0 Å². The quantitative estimate of drug-likeness (QED) is 0.431. The van der Waals surface area contributed by atoms with E-state index in [1.165, 1.54) is 0 Å². The fourth-order valence-electron chi connectivity index (χ4n) is 1.14. The Hall–Kier alpha value is -0.570. The third-order valence-electron chi connectivity index (χ3n) is 1.78. The van der Waals surface area contributed by atoms with E-state index in [-0.39, 0.29) is 6.23 Å². The molecule has 0 rings (SSSR count). The van der Waals surface area contributed by atoms with Gasteiger partial charge in [-0.15, -0.1) is 0 Å². The van der Waals surface area contributed by atoms with Crippen molar-refractivity contribution in [2.75, 3.05) is 13.1 Å². The van der Waals surface area contributed by atoms with Gasteiger partial charge in [-0.1, -0.05) is 20.8 Å². The molecule has 0 heterocycles. The molecule has 0 amide bonds. The van der Waals surface area contributed by atoms with Crippen LogP contribution in [0.3, 0.4) is 0 Å². The van der Waals surface area contributed by atoms with E-state index in [4.69, 9.17) is 4.74 Å². The van der Waals surface area contributed by atoms with Gasteiger partial charge in [0.2, 0.25) is 0 Å². The lowest BCUT2D eigenvalue weighted by atomic mass is 10.3. The summed E-state index contributed by atoms with van der Waals surface area (Å²) < 4.78 is 4.88. The van der Waals surface area contributed by atoms with Gasteiger partial charge in [0.15, 0.2) is 6.23 Å². The highest BCUT2D eigenvalue weighted by Crippen LogP contribution is 2.03. The third-order valence-corrected chi connectivity index (χ3v) is 1.78. The molecule has 1 unspecified atom stereocenters. The lowest BCUT2D eigenvalue weighted by molar-refractivity contribution is -0.143. The molecule has 0 N–H and O–H groups in total. The van der Waals surface area contributed by atoms with Crippen molar-refractivity contribution in [2.24, 2.45) is 0 Å². The second kappa shape index (κ2) is 6.16. The van der Waals surface area contributed by atoms with Gasteiger partial charge in [-0.3, -0.25) is 9.69 Å². The molecule has 0 radical (unpaired) electrons. The summed E-state index contributed by atoms with van der Waals surface area (Å²) in [6.45, 7) is 8.48. The molecule has 0 aliphatic carbocycles. The van der Waals surface area contributed by atoms with Crippen LogP contribution in [-0.4, -0.2) is 30.7 Å². The maximum atomic E-state index is 10.1. The number of nitrogens with zero attached hydrogens (tertiary/aromatic N) is 1. The average molecular weight is 159 g/mol. The highest BCUT2D eigenvalue weighted by atomic mass is 16.5. The summed E-state index contributed by atoms with van der Waals surface area (Å²) in [5.74, 6) is 0. The Labute approximate surface area is 68.3 Å². The maximum Gasteiger partial charge on any atom is 0.294 e. The van der Waals surface area contributed by atoms with Gasteiger partial charge in [-0.2, -0.15) is 0 Å². The molecule has 0 aliphatic heterocycles. The lowest BCUT2D eigenvalue weighted by Crippen LogP contribution is -2.36. The summed E-state index contributed by atoms with van der Waals surface area (Å²) in [4.78, 5) is 12.2. The standard InChI is InChI=1S/C8H17NO2/c1-4-8(11-7-10)9(5-2)6-3/h7-8H,4-6H2,1-3H3. The van der Waals surface area contributed by atoms with E-state index < -0.39 is 0 Å². The summed E-state index contributed by atoms with van der Waals surface area (Å²) >= 11 is 0. The largest absolute Gasteiger partial charge is 0.449 e. The lowest BCUT2D eigenvalue weighted by Gasteiger charge is -2.26. The zero-order chi connectivity index (χ0) is 8.69. The summed E-state index contributed by atoms with van der Waals surface area (Å²) in [6.07, 6.45) is 0.808. The van der Waals surface area contributed by atoms with Gasteiger partial charge >= 0.3 is 0 Å². The molecule has 0 aromatic carbocycles. The minimum absolute atomic E-state index is 0.0394. The minimum Gasteiger partial charge on any atom is -0.449 e. The minimum atomic E-state index is -0.0394. The van der Waals surface area contributed by atoms with Crippen molar-refractivity contribution in [3.05, 3.63) is 0 Å². The predicted molar refractivity (Wildman–Crippen MR) is 44.1 cm³/mol. The van der Waals surface area contributed by atoms with Crippen molar-refractivity contribution >= 4 is 6.47 Å². The molecule has 11 heavy (non-hydrogen) atoms. The average Bonchev–Trinajstić information content (AvgIpc) is 2.05. The molecule has 0 bridgehead atoms. The molecule has 0 aliphatic rings. The molecule has 0 aromatic heterocycles. The Morgan fingerprint density at radius 1 is 1.36 bits per heavy atom.